The van der Waals surface area contributed by atoms with Gasteiger partial charge >= 0.3 is 0 Å². The molecule has 0 spiro atoms. The molecule has 8 heteroatoms. The maximum Gasteiger partial charge on any atom is 0.269 e. The Balaban J connectivity index is 1.83. The number of nitrogens with zero attached hydrogens (tertiary/aromatic N) is 3. The second kappa shape index (κ2) is 9.51. The van der Waals surface area contributed by atoms with Crippen molar-refractivity contribution >= 4 is 39.2 Å². The Morgan fingerprint density at radius 2 is 1.94 bits per heavy atom. The van der Waals surface area contributed by atoms with Gasteiger partial charge in [0.05, 0.1) is 0 Å². The molecule has 0 saturated heterocycles. The molecule has 0 unspecified atom stereocenters. The first-order valence-electron chi connectivity index (χ1n) is 9.90. The highest BCUT2D eigenvalue weighted by Crippen LogP contribution is 2.25. The highest BCUT2D eigenvalue weighted by Gasteiger charge is 2.18. The van der Waals surface area contributed by atoms with Crippen molar-refractivity contribution in [1.29, 1.82) is 5.26 Å². The molecule has 0 bridgehead atoms. The predicted octanol–water partition coefficient (Wildman–Crippen LogP) is 5.10. The number of halogens is 1. The molecule has 1 amide bonds. The van der Waals surface area contributed by atoms with E-state index in [0.717, 1.165) is 10.0 Å². The van der Waals surface area contributed by atoms with E-state index in [1.165, 1.54) is 10.5 Å². The van der Waals surface area contributed by atoms with Crippen molar-refractivity contribution in [3.63, 3.8) is 0 Å². The van der Waals surface area contributed by atoms with Crippen molar-refractivity contribution in [2.75, 3.05) is 5.32 Å². The van der Waals surface area contributed by atoms with Gasteiger partial charge in [-0.2, -0.15) is 10.2 Å². The number of ether oxygens (including phenoxy) is 1. The average Bonchev–Trinajstić information content (AvgIpc) is 2.80. The van der Waals surface area contributed by atoms with E-state index < -0.39 is 11.5 Å². The molecule has 0 fully saturated rings. The Morgan fingerprint density at radius 3 is 2.67 bits per heavy atom. The molecule has 1 N–H and O–H groups in total. The molecular formula is C25H17BrN4O3. The number of hydrogen-bond donors (Lipinski definition) is 1. The summed E-state index contributed by atoms with van der Waals surface area (Å²) in [5.41, 5.74) is 0.957. The van der Waals surface area contributed by atoms with Gasteiger partial charge in [-0.25, -0.2) is 0 Å². The van der Waals surface area contributed by atoms with Gasteiger partial charge in [0.2, 0.25) is 5.88 Å². The molecule has 2 heterocycles. The van der Waals surface area contributed by atoms with Crippen LogP contribution in [0.5, 0.6) is 11.6 Å². The molecule has 0 atom stereocenters. The van der Waals surface area contributed by atoms with Crippen LogP contribution in [0.1, 0.15) is 11.1 Å². The zero-order chi connectivity index (χ0) is 23.4. The third-order valence-electron chi connectivity index (χ3n) is 4.74. The van der Waals surface area contributed by atoms with E-state index in [9.17, 15) is 14.9 Å². The Kier molecular flexibility index (Phi) is 6.33. The lowest BCUT2D eigenvalue weighted by atomic mass is 10.1. The fraction of sp³-hybridized carbons (Fsp3) is 0.0400. The number of hydrogen-bond acceptors (Lipinski definition) is 5. The zero-order valence-corrected chi connectivity index (χ0v) is 19.0. The number of amides is 1. The summed E-state index contributed by atoms with van der Waals surface area (Å²) in [4.78, 5) is 30.6. The van der Waals surface area contributed by atoms with Gasteiger partial charge in [-0.15, -0.1) is 0 Å². The maximum absolute atomic E-state index is 13.3. The minimum Gasteiger partial charge on any atom is -0.438 e. The minimum absolute atomic E-state index is 0.00325. The number of pyridine rings is 1. The quantitative estimate of drug-likeness (QED) is 0.303. The van der Waals surface area contributed by atoms with Gasteiger partial charge in [0.25, 0.3) is 11.5 Å². The van der Waals surface area contributed by atoms with E-state index in [0.29, 0.717) is 17.1 Å². The van der Waals surface area contributed by atoms with E-state index in [-0.39, 0.29) is 17.0 Å². The van der Waals surface area contributed by atoms with Crippen LogP contribution in [-0.4, -0.2) is 15.3 Å². The molecule has 0 radical (unpaired) electrons. The van der Waals surface area contributed by atoms with E-state index in [2.05, 4.69) is 26.2 Å². The smallest absolute Gasteiger partial charge is 0.269 e. The Labute approximate surface area is 197 Å². The second-order valence-electron chi connectivity index (χ2n) is 7.07. The fourth-order valence-electron chi connectivity index (χ4n) is 3.15. The van der Waals surface area contributed by atoms with Gasteiger partial charge < -0.3 is 10.1 Å². The van der Waals surface area contributed by atoms with E-state index >= 15 is 0 Å². The molecule has 0 aliphatic carbocycles. The van der Waals surface area contributed by atoms with Crippen LogP contribution < -0.4 is 15.6 Å². The summed E-state index contributed by atoms with van der Waals surface area (Å²) in [5.74, 6) is -0.187. The molecule has 7 nitrogen and oxygen atoms in total. The highest BCUT2D eigenvalue weighted by molar-refractivity contribution is 9.10. The third kappa shape index (κ3) is 4.84. The van der Waals surface area contributed by atoms with Gasteiger partial charge in [0.15, 0.2) is 0 Å². The fourth-order valence-corrected chi connectivity index (χ4v) is 3.55. The number of aryl methyl sites for hydroxylation is 1. The molecule has 162 valence electrons. The van der Waals surface area contributed by atoms with E-state index in [1.54, 1.807) is 54.7 Å². The van der Waals surface area contributed by atoms with Gasteiger partial charge in [-0.3, -0.25) is 14.0 Å². The standard InChI is InChI=1S/C25H17BrN4O3/c1-16-7-6-12-30-22(16)29-24(33-20-10-3-2-4-11-20)21(25(30)32)13-17(15-27)23(31)28-19-9-5-8-18(26)14-19/h2-14H,1H3,(H,28,31)/b17-13-. The highest BCUT2D eigenvalue weighted by atomic mass is 79.9. The first-order chi connectivity index (χ1) is 16.0. The van der Waals surface area contributed by atoms with E-state index in [4.69, 9.17) is 4.74 Å². The van der Waals surface area contributed by atoms with Crippen LogP contribution in [0, 0.1) is 18.3 Å². The van der Waals surface area contributed by atoms with Crippen LogP contribution in [0.25, 0.3) is 11.7 Å². The van der Waals surface area contributed by atoms with Crippen molar-refractivity contribution < 1.29 is 9.53 Å². The molecular weight excluding hydrogens is 484 g/mol. The number of benzene rings is 2. The normalized spacial score (nSPS) is 11.1. The van der Waals surface area contributed by atoms with Gasteiger partial charge in [-0.05, 0) is 55.0 Å². The summed E-state index contributed by atoms with van der Waals surface area (Å²) in [6, 6.07) is 21.2. The third-order valence-corrected chi connectivity index (χ3v) is 5.24. The van der Waals surface area contributed by atoms with Crippen LogP contribution in [0.2, 0.25) is 0 Å². The van der Waals surface area contributed by atoms with Crippen molar-refractivity contribution in [2.24, 2.45) is 0 Å². The zero-order valence-electron chi connectivity index (χ0n) is 17.4. The number of rotatable bonds is 5. The molecule has 2 aromatic heterocycles. The SMILES string of the molecule is Cc1cccn2c(=O)c(/C=C(/C#N)C(=O)Nc3cccc(Br)c3)c(Oc3ccccc3)nc12. The summed E-state index contributed by atoms with van der Waals surface area (Å²) in [7, 11) is 0. The number of nitriles is 1. The molecule has 0 aliphatic rings. The van der Waals surface area contributed by atoms with Crippen LogP contribution in [0.15, 0.2) is 87.8 Å². The van der Waals surface area contributed by atoms with Gasteiger partial charge in [0.1, 0.15) is 28.6 Å². The van der Waals surface area contributed by atoms with Crippen molar-refractivity contribution in [2.45, 2.75) is 6.92 Å². The Hall–Kier alpha value is -4.22. The second-order valence-corrected chi connectivity index (χ2v) is 7.99. The summed E-state index contributed by atoms with van der Waals surface area (Å²) in [6.07, 6.45) is 2.78. The molecule has 0 saturated carbocycles. The predicted molar refractivity (Wildman–Crippen MR) is 129 cm³/mol. The molecule has 4 aromatic rings. The topological polar surface area (TPSA) is 96.5 Å². The molecule has 4 rings (SSSR count). The Bertz CT molecular complexity index is 1490. The lowest BCUT2D eigenvalue weighted by molar-refractivity contribution is -0.112. The first kappa shape index (κ1) is 22.0. The van der Waals surface area contributed by atoms with Crippen molar-refractivity contribution in [3.8, 4) is 17.7 Å². The maximum atomic E-state index is 13.3. The summed E-state index contributed by atoms with van der Waals surface area (Å²) < 4.78 is 8.03. The number of fused-ring (bicyclic) bond motifs is 1. The molecule has 0 aliphatic heterocycles. The van der Waals surface area contributed by atoms with Gasteiger partial charge in [0, 0.05) is 16.4 Å². The minimum atomic E-state index is -0.657. The molecule has 33 heavy (non-hydrogen) atoms. The van der Waals surface area contributed by atoms with Crippen LogP contribution in [0.3, 0.4) is 0 Å². The van der Waals surface area contributed by atoms with Crippen molar-refractivity contribution in [1.82, 2.24) is 9.38 Å². The van der Waals surface area contributed by atoms with Crippen LogP contribution in [-0.2, 0) is 4.79 Å². The number of anilines is 1. The van der Waals surface area contributed by atoms with Crippen molar-refractivity contribution in [3.05, 3.63) is 104 Å². The number of carbonyl (C=O) groups excluding carboxylic acids is 1. The Morgan fingerprint density at radius 1 is 1.15 bits per heavy atom. The molecule has 2 aromatic carbocycles. The number of para-hydroxylation sites is 1. The van der Waals surface area contributed by atoms with Crippen LogP contribution >= 0.6 is 15.9 Å². The monoisotopic (exact) mass is 500 g/mol. The van der Waals surface area contributed by atoms with E-state index in [1.807, 2.05) is 31.2 Å². The number of nitrogens with one attached hydrogen (secondary N) is 1. The summed E-state index contributed by atoms with van der Waals surface area (Å²) >= 11 is 3.34. The average molecular weight is 501 g/mol. The number of aromatic nitrogens is 2. The van der Waals surface area contributed by atoms with Gasteiger partial charge in [-0.1, -0.05) is 46.3 Å². The number of carbonyl (C=O) groups is 1. The van der Waals surface area contributed by atoms with Crippen LogP contribution in [0.4, 0.5) is 5.69 Å². The summed E-state index contributed by atoms with van der Waals surface area (Å²) in [5, 5.41) is 12.3. The summed E-state index contributed by atoms with van der Waals surface area (Å²) in [6.45, 7) is 1.83. The first-order valence-corrected chi connectivity index (χ1v) is 10.7. The largest absolute Gasteiger partial charge is 0.438 e. The lowest BCUT2D eigenvalue weighted by Gasteiger charge is -2.11. The lowest BCUT2D eigenvalue weighted by Crippen LogP contribution is -2.20.